The second kappa shape index (κ2) is 14.7. The number of piperidine rings is 1. The van der Waals surface area contributed by atoms with E-state index in [1.54, 1.807) is 45.3 Å². The van der Waals surface area contributed by atoms with Crippen molar-refractivity contribution in [2.45, 2.75) is 64.2 Å². The second-order valence-electron chi connectivity index (χ2n) is 10.2. The number of nitrogens with zero attached hydrogens (tertiary/aromatic N) is 3. The SMILES string of the molecule is CC(C)(C)OC(=O)N[C@@H](Cc1ccccc1)C(=O)O[C@@H](CON=C(Cl)c1cccnc1)CN1CCCCC1. The number of nitrogens with one attached hydrogen (secondary N) is 1. The van der Waals surface area contributed by atoms with Gasteiger partial charge in [0.05, 0.1) is 0 Å². The largest absolute Gasteiger partial charge is 0.456 e. The molecule has 0 unspecified atom stereocenters. The lowest BCUT2D eigenvalue weighted by Gasteiger charge is -2.30. The maximum Gasteiger partial charge on any atom is 0.408 e. The minimum atomic E-state index is -0.946. The Bertz CT molecular complexity index is 1040. The molecule has 1 fully saturated rings. The van der Waals surface area contributed by atoms with Crippen molar-refractivity contribution in [1.29, 1.82) is 0 Å². The van der Waals surface area contributed by atoms with Crippen LogP contribution in [0.4, 0.5) is 4.79 Å². The van der Waals surface area contributed by atoms with Crippen molar-refractivity contribution in [2.24, 2.45) is 5.16 Å². The van der Waals surface area contributed by atoms with Crippen LogP contribution >= 0.6 is 11.6 Å². The number of oxime groups is 1. The van der Waals surface area contributed by atoms with Crippen LogP contribution in [0.2, 0.25) is 0 Å². The number of amides is 1. The van der Waals surface area contributed by atoms with Crippen molar-refractivity contribution in [3.63, 3.8) is 0 Å². The van der Waals surface area contributed by atoms with Crippen molar-refractivity contribution >= 4 is 28.8 Å². The number of carbonyl (C=O) groups is 2. The molecule has 2 heterocycles. The molecule has 1 aliphatic heterocycles. The molecule has 2 aromatic rings. The Morgan fingerprint density at radius 3 is 2.50 bits per heavy atom. The number of alkyl carbamates (subject to hydrolysis) is 1. The summed E-state index contributed by atoms with van der Waals surface area (Å²) in [6.07, 6.45) is 5.51. The molecule has 0 radical (unpaired) electrons. The average molecular weight is 545 g/mol. The molecule has 1 aliphatic rings. The van der Waals surface area contributed by atoms with E-state index in [0.717, 1.165) is 31.5 Å². The van der Waals surface area contributed by atoms with Crippen molar-refractivity contribution in [3.05, 3.63) is 66.0 Å². The normalized spacial score (nSPS) is 16.3. The zero-order valence-corrected chi connectivity index (χ0v) is 23.0. The highest BCUT2D eigenvalue weighted by molar-refractivity contribution is 6.69. The number of likely N-dealkylation sites (tertiary alicyclic amines) is 1. The summed E-state index contributed by atoms with van der Waals surface area (Å²) in [5.41, 5.74) is 0.784. The topological polar surface area (TPSA) is 102 Å². The minimum absolute atomic E-state index is 0.00319. The van der Waals surface area contributed by atoms with E-state index in [-0.39, 0.29) is 18.2 Å². The molecule has 206 valence electrons. The fourth-order valence-electron chi connectivity index (χ4n) is 4.01. The number of hydrogen-bond donors (Lipinski definition) is 1. The molecular weight excluding hydrogens is 508 g/mol. The zero-order chi connectivity index (χ0) is 27.4. The molecular formula is C28H37ClN4O5. The van der Waals surface area contributed by atoms with Crippen LogP contribution in [0.5, 0.6) is 0 Å². The lowest BCUT2D eigenvalue weighted by molar-refractivity contribution is -0.156. The van der Waals surface area contributed by atoms with Crippen LogP contribution in [0.1, 0.15) is 51.2 Å². The van der Waals surface area contributed by atoms with Crippen LogP contribution in [-0.4, -0.2) is 71.1 Å². The van der Waals surface area contributed by atoms with Crippen LogP contribution in [0.3, 0.4) is 0 Å². The lowest BCUT2D eigenvalue weighted by atomic mass is 10.1. The predicted octanol–water partition coefficient (Wildman–Crippen LogP) is 4.53. The van der Waals surface area contributed by atoms with Crippen molar-refractivity contribution in [1.82, 2.24) is 15.2 Å². The van der Waals surface area contributed by atoms with Crippen LogP contribution in [-0.2, 0) is 25.5 Å². The summed E-state index contributed by atoms with van der Waals surface area (Å²) in [5.74, 6) is -0.576. The fraction of sp³-hybridized carbons (Fsp3) is 0.500. The van der Waals surface area contributed by atoms with Crippen molar-refractivity contribution < 1.29 is 23.9 Å². The number of aromatic nitrogens is 1. The molecule has 2 atom stereocenters. The molecule has 0 saturated carbocycles. The van der Waals surface area contributed by atoms with Gasteiger partial charge in [0.1, 0.15) is 11.6 Å². The molecule has 0 aliphatic carbocycles. The van der Waals surface area contributed by atoms with Crippen molar-refractivity contribution in [3.8, 4) is 0 Å². The lowest BCUT2D eigenvalue weighted by Crippen LogP contribution is -2.48. The average Bonchev–Trinajstić information content (AvgIpc) is 2.89. The Hall–Kier alpha value is -3.17. The van der Waals surface area contributed by atoms with Crippen LogP contribution < -0.4 is 5.32 Å². The quantitative estimate of drug-likeness (QED) is 0.252. The molecule has 10 heteroatoms. The maximum atomic E-state index is 13.4. The van der Waals surface area contributed by atoms with E-state index >= 15 is 0 Å². The van der Waals surface area contributed by atoms with E-state index in [4.69, 9.17) is 25.9 Å². The third kappa shape index (κ3) is 10.7. The summed E-state index contributed by atoms with van der Waals surface area (Å²) in [6.45, 7) is 7.61. The number of carbonyl (C=O) groups excluding carboxylic acids is 2. The van der Waals surface area contributed by atoms with Gasteiger partial charge in [-0.3, -0.25) is 9.88 Å². The summed E-state index contributed by atoms with van der Waals surface area (Å²) in [6, 6.07) is 12.0. The van der Waals surface area contributed by atoms with E-state index in [1.165, 1.54) is 6.42 Å². The van der Waals surface area contributed by atoms with Crippen molar-refractivity contribution in [2.75, 3.05) is 26.2 Å². The number of esters is 1. The maximum absolute atomic E-state index is 13.4. The summed E-state index contributed by atoms with van der Waals surface area (Å²) >= 11 is 6.24. The highest BCUT2D eigenvalue weighted by Crippen LogP contribution is 2.14. The van der Waals surface area contributed by atoms with Gasteiger partial charge in [0, 0.05) is 30.9 Å². The molecule has 0 spiro atoms. The summed E-state index contributed by atoms with van der Waals surface area (Å²) in [5, 5.41) is 6.81. The van der Waals surface area contributed by atoms with Gasteiger partial charge in [-0.05, 0) is 64.4 Å². The van der Waals surface area contributed by atoms with Gasteiger partial charge in [-0.25, -0.2) is 9.59 Å². The third-order valence-electron chi connectivity index (χ3n) is 5.76. The van der Waals surface area contributed by atoms with Crippen LogP contribution in [0.25, 0.3) is 0 Å². The Morgan fingerprint density at radius 2 is 1.84 bits per heavy atom. The first-order chi connectivity index (χ1) is 18.2. The van der Waals surface area contributed by atoms with E-state index in [1.807, 2.05) is 30.3 Å². The molecule has 1 aromatic heterocycles. The molecule has 1 saturated heterocycles. The third-order valence-corrected chi connectivity index (χ3v) is 6.04. The zero-order valence-electron chi connectivity index (χ0n) is 22.3. The Balaban J connectivity index is 1.71. The summed E-state index contributed by atoms with van der Waals surface area (Å²) < 4.78 is 11.3. The highest BCUT2D eigenvalue weighted by atomic mass is 35.5. The highest BCUT2D eigenvalue weighted by Gasteiger charge is 2.29. The first-order valence-electron chi connectivity index (χ1n) is 12.9. The van der Waals surface area contributed by atoms with E-state index in [9.17, 15) is 9.59 Å². The fourth-order valence-corrected chi connectivity index (χ4v) is 4.17. The summed E-state index contributed by atoms with van der Waals surface area (Å²) in [7, 11) is 0. The van der Waals surface area contributed by atoms with Gasteiger partial charge < -0.3 is 19.6 Å². The number of rotatable bonds is 11. The smallest absolute Gasteiger partial charge is 0.408 e. The van der Waals surface area contributed by atoms with Gasteiger partial charge in [-0.15, -0.1) is 0 Å². The molecule has 1 aromatic carbocycles. The molecule has 38 heavy (non-hydrogen) atoms. The Labute approximate surface area is 229 Å². The van der Waals surface area contributed by atoms with Gasteiger partial charge in [0.15, 0.2) is 17.9 Å². The number of benzene rings is 1. The first-order valence-corrected chi connectivity index (χ1v) is 13.3. The molecule has 9 nitrogen and oxygen atoms in total. The van der Waals surface area contributed by atoms with E-state index in [2.05, 4.69) is 20.4 Å². The molecule has 1 N–H and O–H groups in total. The van der Waals surface area contributed by atoms with Gasteiger partial charge in [0.2, 0.25) is 0 Å². The predicted molar refractivity (Wildman–Crippen MR) is 146 cm³/mol. The molecule has 0 bridgehead atoms. The number of pyridine rings is 1. The van der Waals surface area contributed by atoms with Crippen LogP contribution in [0, 0.1) is 0 Å². The summed E-state index contributed by atoms with van der Waals surface area (Å²) in [4.78, 5) is 37.7. The van der Waals surface area contributed by atoms with Gasteiger partial charge >= 0.3 is 12.1 Å². The van der Waals surface area contributed by atoms with Gasteiger partial charge in [-0.1, -0.05) is 53.5 Å². The molecule has 3 rings (SSSR count). The number of halogens is 1. The van der Waals surface area contributed by atoms with E-state index in [0.29, 0.717) is 12.1 Å². The minimum Gasteiger partial charge on any atom is -0.456 e. The first kappa shape index (κ1) is 29.4. The monoisotopic (exact) mass is 544 g/mol. The van der Waals surface area contributed by atoms with Gasteiger partial charge in [0.25, 0.3) is 0 Å². The Morgan fingerprint density at radius 1 is 1.11 bits per heavy atom. The van der Waals surface area contributed by atoms with Crippen LogP contribution in [0.15, 0.2) is 60.0 Å². The molecule has 1 amide bonds. The standard InChI is InChI=1S/C28H37ClN4O5/c1-28(2,3)38-27(35)31-24(17-21-11-6-4-7-12-21)26(34)37-23(19-33-15-8-5-9-16-33)20-36-32-25(29)22-13-10-14-30-18-22/h4,6-7,10-14,18,23-24H,5,8-9,15-17,19-20H2,1-3H3,(H,31,35)/t23-,24+/m1/s1. The van der Waals surface area contributed by atoms with Gasteiger partial charge in [-0.2, -0.15) is 0 Å². The second-order valence-corrected chi connectivity index (χ2v) is 10.6. The number of ether oxygens (including phenoxy) is 2. The number of hydrogen-bond acceptors (Lipinski definition) is 8. The Kier molecular flexibility index (Phi) is 11.4. The van der Waals surface area contributed by atoms with E-state index < -0.39 is 29.8 Å².